The van der Waals surface area contributed by atoms with E-state index in [0.29, 0.717) is 13.0 Å². The van der Waals surface area contributed by atoms with Gasteiger partial charge in [0.05, 0.1) is 0 Å². The van der Waals surface area contributed by atoms with Crippen LogP contribution in [0.3, 0.4) is 0 Å². The lowest BCUT2D eigenvalue weighted by Crippen LogP contribution is -2.02. The molecule has 2 rings (SSSR count). The zero-order chi connectivity index (χ0) is 9.26. The van der Waals surface area contributed by atoms with Crippen molar-refractivity contribution in [3.63, 3.8) is 0 Å². The summed E-state index contributed by atoms with van der Waals surface area (Å²) in [6.45, 7) is 2.61. The van der Waals surface area contributed by atoms with Crippen LogP contribution in [-0.4, -0.2) is 11.5 Å². The van der Waals surface area contributed by atoms with Gasteiger partial charge in [-0.05, 0) is 24.6 Å². The van der Waals surface area contributed by atoms with E-state index in [9.17, 15) is 0 Å². The van der Waals surface area contributed by atoms with Crippen LogP contribution in [0.2, 0.25) is 0 Å². The quantitative estimate of drug-likeness (QED) is 0.756. The minimum Gasteiger partial charge on any atom is -0.441 e. The van der Waals surface area contributed by atoms with Gasteiger partial charge < -0.3 is 10.2 Å². The zero-order valence-electron chi connectivity index (χ0n) is 7.58. The zero-order valence-corrected chi connectivity index (χ0v) is 7.58. The fraction of sp³-hybridized carbons (Fsp3) is 0.300. The predicted octanol–water partition coefficient (Wildman–Crippen LogP) is 1.64. The molecule has 0 fully saturated rings. The first-order valence-electron chi connectivity index (χ1n) is 4.36. The molecule has 0 radical (unpaired) electrons. The molecular formula is C10H12N2O. The third kappa shape index (κ3) is 1.55. The molecule has 1 aromatic heterocycles. The average Bonchev–Trinajstić information content (AvgIpc) is 2.46. The molecule has 0 saturated carbocycles. The number of oxazole rings is 1. The van der Waals surface area contributed by atoms with E-state index in [4.69, 9.17) is 10.2 Å². The van der Waals surface area contributed by atoms with Crippen LogP contribution in [0, 0.1) is 6.92 Å². The van der Waals surface area contributed by atoms with Crippen molar-refractivity contribution in [3.05, 3.63) is 29.7 Å². The third-order valence-corrected chi connectivity index (χ3v) is 1.95. The average molecular weight is 176 g/mol. The maximum atomic E-state index is 5.47. The maximum absolute atomic E-state index is 5.47. The molecule has 0 amide bonds. The monoisotopic (exact) mass is 176 g/mol. The van der Waals surface area contributed by atoms with E-state index in [1.807, 2.05) is 25.1 Å². The van der Waals surface area contributed by atoms with Gasteiger partial charge in [0.2, 0.25) is 0 Å². The Bertz CT molecular complexity index is 420. The first kappa shape index (κ1) is 8.26. The van der Waals surface area contributed by atoms with E-state index in [2.05, 4.69) is 4.98 Å². The fourth-order valence-corrected chi connectivity index (χ4v) is 1.32. The Balaban J connectivity index is 2.49. The highest BCUT2D eigenvalue weighted by atomic mass is 16.3. The van der Waals surface area contributed by atoms with E-state index >= 15 is 0 Å². The van der Waals surface area contributed by atoms with Gasteiger partial charge in [0.1, 0.15) is 5.52 Å². The topological polar surface area (TPSA) is 52.0 Å². The number of aryl methyl sites for hydroxylation is 1. The van der Waals surface area contributed by atoms with Crippen LogP contribution in [0.4, 0.5) is 0 Å². The van der Waals surface area contributed by atoms with Gasteiger partial charge in [0.15, 0.2) is 11.5 Å². The largest absolute Gasteiger partial charge is 0.441 e. The summed E-state index contributed by atoms with van der Waals surface area (Å²) in [6, 6.07) is 5.97. The van der Waals surface area contributed by atoms with Crippen LogP contribution in [-0.2, 0) is 6.42 Å². The molecule has 0 atom stereocenters. The summed E-state index contributed by atoms with van der Waals surface area (Å²) in [7, 11) is 0. The summed E-state index contributed by atoms with van der Waals surface area (Å²) in [5.74, 6) is 0.725. The normalized spacial score (nSPS) is 10.9. The summed E-state index contributed by atoms with van der Waals surface area (Å²) in [6.07, 6.45) is 0.702. The minimum absolute atomic E-state index is 0.575. The number of fused-ring (bicyclic) bond motifs is 1. The van der Waals surface area contributed by atoms with E-state index in [1.54, 1.807) is 0 Å². The van der Waals surface area contributed by atoms with Crippen LogP contribution >= 0.6 is 0 Å². The van der Waals surface area contributed by atoms with Crippen LogP contribution in [0.25, 0.3) is 11.1 Å². The Morgan fingerprint density at radius 1 is 1.46 bits per heavy atom. The molecule has 1 heterocycles. The standard InChI is InChI=1S/C10H12N2O/c1-7-2-3-9-8(6-7)12-10(13-9)4-5-11/h2-3,6H,4-5,11H2,1H3. The van der Waals surface area contributed by atoms with Gasteiger partial charge in [0, 0.05) is 13.0 Å². The highest BCUT2D eigenvalue weighted by Gasteiger charge is 2.03. The molecular weight excluding hydrogens is 164 g/mol. The Morgan fingerprint density at radius 3 is 3.08 bits per heavy atom. The van der Waals surface area contributed by atoms with E-state index < -0.39 is 0 Å². The van der Waals surface area contributed by atoms with E-state index in [-0.39, 0.29) is 0 Å². The number of benzene rings is 1. The first-order chi connectivity index (χ1) is 6.29. The van der Waals surface area contributed by atoms with Crippen LogP contribution in [0.5, 0.6) is 0 Å². The van der Waals surface area contributed by atoms with Gasteiger partial charge in [-0.3, -0.25) is 0 Å². The summed E-state index contributed by atoms with van der Waals surface area (Å²) in [4.78, 5) is 4.32. The molecule has 2 aromatic rings. The number of hydrogen-bond donors (Lipinski definition) is 1. The maximum Gasteiger partial charge on any atom is 0.196 e. The first-order valence-corrected chi connectivity index (χ1v) is 4.36. The summed E-state index contributed by atoms with van der Waals surface area (Å²) in [5.41, 5.74) is 8.37. The van der Waals surface area contributed by atoms with Crippen LogP contribution < -0.4 is 5.73 Å². The molecule has 0 bridgehead atoms. The van der Waals surface area contributed by atoms with Crippen molar-refractivity contribution < 1.29 is 4.42 Å². The summed E-state index contributed by atoms with van der Waals surface area (Å²) in [5, 5.41) is 0. The van der Waals surface area contributed by atoms with Crippen LogP contribution in [0.1, 0.15) is 11.5 Å². The highest BCUT2D eigenvalue weighted by molar-refractivity contribution is 5.73. The molecule has 68 valence electrons. The predicted molar refractivity (Wildman–Crippen MR) is 51.5 cm³/mol. The molecule has 2 N–H and O–H groups in total. The van der Waals surface area contributed by atoms with Crippen molar-refractivity contribution in [2.75, 3.05) is 6.54 Å². The number of rotatable bonds is 2. The van der Waals surface area contributed by atoms with Crippen molar-refractivity contribution in [2.24, 2.45) is 5.73 Å². The van der Waals surface area contributed by atoms with Gasteiger partial charge in [-0.2, -0.15) is 0 Å². The van der Waals surface area contributed by atoms with Crippen molar-refractivity contribution in [2.45, 2.75) is 13.3 Å². The second-order valence-corrected chi connectivity index (χ2v) is 3.12. The highest BCUT2D eigenvalue weighted by Crippen LogP contribution is 2.16. The summed E-state index contributed by atoms with van der Waals surface area (Å²) >= 11 is 0. The van der Waals surface area contributed by atoms with Gasteiger partial charge in [-0.15, -0.1) is 0 Å². The molecule has 0 unspecified atom stereocenters. The molecule has 0 spiro atoms. The molecule has 0 aliphatic rings. The fourth-order valence-electron chi connectivity index (χ4n) is 1.32. The SMILES string of the molecule is Cc1ccc2oc(CCN)nc2c1. The molecule has 1 aromatic carbocycles. The van der Waals surface area contributed by atoms with Crippen LogP contribution in [0.15, 0.2) is 22.6 Å². The minimum atomic E-state index is 0.575. The number of nitrogens with zero attached hydrogens (tertiary/aromatic N) is 1. The van der Waals surface area contributed by atoms with Crippen molar-refractivity contribution >= 4 is 11.1 Å². The second kappa shape index (κ2) is 3.18. The molecule has 0 saturated heterocycles. The van der Waals surface area contributed by atoms with Crippen molar-refractivity contribution in [1.82, 2.24) is 4.98 Å². The molecule has 13 heavy (non-hydrogen) atoms. The van der Waals surface area contributed by atoms with Gasteiger partial charge in [0.25, 0.3) is 0 Å². The van der Waals surface area contributed by atoms with E-state index in [1.165, 1.54) is 5.56 Å². The Morgan fingerprint density at radius 2 is 2.31 bits per heavy atom. The number of nitrogens with two attached hydrogens (primary N) is 1. The smallest absolute Gasteiger partial charge is 0.196 e. The molecule has 0 aliphatic heterocycles. The lowest BCUT2D eigenvalue weighted by atomic mass is 10.2. The molecule has 3 heteroatoms. The van der Waals surface area contributed by atoms with Gasteiger partial charge >= 0.3 is 0 Å². The lowest BCUT2D eigenvalue weighted by molar-refractivity contribution is 0.531. The van der Waals surface area contributed by atoms with Gasteiger partial charge in [-0.25, -0.2) is 4.98 Å². The number of aromatic nitrogens is 1. The Hall–Kier alpha value is -1.35. The Kier molecular flexibility index (Phi) is 2.02. The summed E-state index contributed by atoms with van der Waals surface area (Å²) < 4.78 is 5.47. The number of hydrogen-bond acceptors (Lipinski definition) is 3. The molecule has 3 nitrogen and oxygen atoms in total. The molecule has 0 aliphatic carbocycles. The van der Waals surface area contributed by atoms with Gasteiger partial charge in [-0.1, -0.05) is 6.07 Å². The van der Waals surface area contributed by atoms with Crippen molar-refractivity contribution in [3.8, 4) is 0 Å². The lowest BCUT2D eigenvalue weighted by Gasteiger charge is -1.87. The van der Waals surface area contributed by atoms with E-state index in [0.717, 1.165) is 17.0 Å². The Labute approximate surface area is 76.6 Å². The second-order valence-electron chi connectivity index (χ2n) is 3.12. The third-order valence-electron chi connectivity index (χ3n) is 1.95. The van der Waals surface area contributed by atoms with Crippen molar-refractivity contribution in [1.29, 1.82) is 0 Å².